The molecule has 1 aliphatic rings. The van der Waals surface area contributed by atoms with E-state index >= 15 is 0 Å². The Hall–Kier alpha value is -1.79. The number of carbonyl (C=O) groups is 1. The number of benzene rings is 1. The Morgan fingerprint density at radius 3 is 2.81 bits per heavy atom. The van der Waals surface area contributed by atoms with Gasteiger partial charge in [-0.15, -0.1) is 0 Å². The summed E-state index contributed by atoms with van der Waals surface area (Å²) >= 11 is 0. The topological polar surface area (TPSA) is 107 Å². The molecule has 1 amide bonds. The highest BCUT2D eigenvalue weighted by molar-refractivity contribution is 5.82. The van der Waals surface area contributed by atoms with E-state index in [1.165, 1.54) is 12.1 Å². The monoisotopic (exact) mass is 294 g/mol. The molecule has 0 aliphatic carbocycles. The van der Waals surface area contributed by atoms with E-state index in [2.05, 4.69) is 0 Å². The van der Waals surface area contributed by atoms with Crippen molar-refractivity contribution in [3.63, 3.8) is 0 Å². The van der Waals surface area contributed by atoms with E-state index in [-0.39, 0.29) is 29.9 Å². The van der Waals surface area contributed by atoms with E-state index in [9.17, 15) is 20.1 Å². The zero-order valence-corrected chi connectivity index (χ0v) is 11.9. The molecule has 6 nitrogen and oxygen atoms in total. The van der Waals surface area contributed by atoms with Gasteiger partial charge in [-0.2, -0.15) is 0 Å². The Labute approximate surface area is 123 Å². The second kappa shape index (κ2) is 6.78. The van der Waals surface area contributed by atoms with Crippen LogP contribution >= 0.6 is 0 Å². The first-order valence-corrected chi connectivity index (χ1v) is 7.17. The number of aromatic hydroxyl groups is 2. The van der Waals surface area contributed by atoms with Crippen LogP contribution in [0.3, 0.4) is 0 Å². The molecular formula is C15H22N2O4. The molecule has 0 radical (unpaired) electrons. The molecular weight excluding hydrogens is 272 g/mol. The molecule has 21 heavy (non-hydrogen) atoms. The average Bonchev–Trinajstić information content (AvgIpc) is 2.50. The maximum absolute atomic E-state index is 12.3. The van der Waals surface area contributed by atoms with Gasteiger partial charge in [0.2, 0.25) is 5.91 Å². The molecule has 5 N–H and O–H groups in total. The van der Waals surface area contributed by atoms with E-state index in [4.69, 9.17) is 5.73 Å². The number of piperidine rings is 1. The van der Waals surface area contributed by atoms with Crippen molar-refractivity contribution in [1.29, 1.82) is 0 Å². The van der Waals surface area contributed by atoms with Crippen molar-refractivity contribution < 1.29 is 20.1 Å². The number of nitrogens with zero attached hydrogens (tertiary/aromatic N) is 1. The molecule has 2 rings (SSSR count). The standard InChI is InChI=1S/C15H22N2O4/c16-12(6-10-3-4-13(19)14(20)7-10)15(21)17-5-1-2-11(8-17)9-18/h3-4,7,11-12,18-20H,1-2,5-6,8-9,16H2/t11?,12-/m0/s1. The molecule has 2 atom stereocenters. The second-order valence-corrected chi connectivity index (χ2v) is 5.61. The molecule has 0 spiro atoms. The second-order valence-electron chi connectivity index (χ2n) is 5.61. The summed E-state index contributed by atoms with van der Waals surface area (Å²) in [6, 6.07) is 3.74. The summed E-state index contributed by atoms with van der Waals surface area (Å²) in [7, 11) is 0. The molecule has 1 aliphatic heterocycles. The lowest BCUT2D eigenvalue weighted by Gasteiger charge is -2.33. The van der Waals surface area contributed by atoms with Crippen molar-refractivity contribution in [2.75, 3.05) is 19.7 Å². The van der Waals surface area contributed by atoms with Gasteiger partial charge in [-0.25, -0.2) is 0 Å². The van der Waals surface area contributed by atoms with Crippen molar-refractivity contribution in [1.82, 2.24) is 4.90 Å². The lowest BCUT2D eigenvalue weighted by atomic mass is 9.97. The predicted octanol–water partition coefficient (Wildman–Crippen LogP) is 0.198. The van der Waals surface area contributed by atoms with Crippen molar-refractivity contribution in [3.05, 3.63) is 23.8 Å². The highest BCUT2D eigenvalue weighted by Crippen LogP contribution is 2.25. The van der Waals surface area contributed by atoms with Crippen LogP contribution in [-0.4, -0.2) is 51.9 Å². The van der Waals surface area contributed by atoms with Gasteiger partial charge in [0, 0.05) is 19.7 Å². The Balaban J connectivity index is 1.97. The smallest absolute Gasteiger partial charge is 0.239 e. The van der Waals surface area contributed by atoms with Crippen LogP contribution in [0.4, 0.5) is 0 Å². The minimum Gasteiger partial charge on any atom is -0.504 e. The Morgan fingerprint density at radius 1 is 1.38 bits per heavy atom. The van der Waals surface area contributed by atoms with Crippen LogP contribution in [0.5, 0.6) is 11.5 Å². The van der Waals surface area contributed by atoms with Crippen molar-refractivity contribution in [2.24, 2.45) is 11.7 Å². The number of aliphatic hydroxyl groups excluding tert-OH is 1. The minimum atomic E-state index is -0.689. The number of phenolic OH excluding ortho intramolecular Hbond substituents is 2. The van der Waals surface area contributed by atoms with Crippen molar-refractivity contribution in [2.45, 2.75) is 25.3 Å². The van der Waals surface area contributed by atoms with E-state index in [0.717, 1.165) is 12.8 Å². The number of hydrogen-bond acceptors (Lipinski definition) is 5. The van der Waals surface area contributed by atoms with Gasteiger partial charge in [-0.1, -0.05) is 6.07 Å². The number of hydrogen-bond donors (Lipinski definition) is 4. The van der Waals surface area contributed by atoms with Crippen LogP contribution in [0, 0.1) is 5.92 Å². The van der Waals surface area contributed by atoms with Gasteiger partial charge in [0.25, 0.3) is 0 Å². The zero-order valence-electron chi connectivity index (χ0n) is 11.9. The highest BCUT2D eigenvalue weighted by atomic mass is 16.3. The lowest BCUT2D eigenvalue weighted by Crippen LogP contribution is -2.49. The fourth-order valence-corrected chi connectivity index (χ4v) is 2.69. The molecule has 116 valence electrons. The van der Waals surface area contributed by atoms with E-state index < -0.39 is 6.04 Å². The number of carbonyl (C=O) groups excluding carboxylic acids is 1. The zero-order chi connectivity index (χ0) is 15.4. The molecule has 1 saturated heterocycles. The molecule has 0 aromatic heterocycles. The molecule has 1 heterocycles. The largest absolute Gasteiger partial charge is 0.504 e. The molecule has 0 saturated carbocycles. The number of nitrogens with two attached hydrogens (primary N) is 1. The van der Waals surface area contributed by atoms with Crippen LogP contribution < -0.4 is 5.73 Å². The molecule has 6 heteroatoms. The third-order valence-electron chi connectivity index (χ3n) is 3.90. The molecule has 1 fully saturated rings. The number of phenols is 2. The van der Waals surface area contributed by atoms with Crippen LogP contribution in [0.2, 0.25) is 0 Å². The van der Waals surface area contributed by atoms with Gasteiger partial charge >= 0.3 is 0 Å². The first-order valence-electron chi connectivity index (χ1n) is 7.17. The normalized spacial score (nSPS) is 20.3. The maximum Gasteiger partial charge on any atom is 0.239 e. The Bertz CT molecular complexity index is 506. The van der Waals surface area contributed by atoms with Crippen molar-refractivity contribution in [3.8, 4) is 11.5 Å². The predicted molar refractivity (Wildman–Crippen MR) is 77.8 cm³/mol. The summed E-state index contributed by atoms with van der Waals surface area (Å²) < 4.78 is 0. The average molecular weight is 294 g/mol. The van der Waals surface area contributed by atoms with Gasteiger partial charge in [-0.05, 0) is 42.9 Å². The quantitative estimate of drug-likeness (QED) is 0.593. The van der Waals surface area contributed by atoms with E-state index in [1.807, 2.05) is 0 Å². The minimum absolute atomic E-state index is 0.0881. The van der Waals surface area contributed by atoms with Crippen LogP contribution in [0.25, 0.3) is 0 Å². The maximum atomic E-state index is 12.3. The molecule has 0 bridgehead atoms. The number of aliphatic hydroxyl groups is 1. The van der Waals surface area contributed by atoms with Crippen LogP contribution in [0.1, 0.15) is 18.4 Å². The summed E-state index contributed by atoms with van der Waals surface area (Å²) in [5.74, 6) is -0.417. The first-order chi connectivity index (χ1) is 10.0. The van der Waals surface area contributed by atoms with Gasteiger partial charge < -0.3 is 26.0 Å². The first kappa shape index (κ1) is 15.6. The third-order valence-corrected chi connectivity index (χ3v) is 3.90. The van der Waals surface area contributed by atoms with E-state index in [1.54, 1.807) is 11.0 Å². The SMILES string of the molecule is N[C@@H](Cc1ccc(O)c(O)c1)C(=O)N1CCCC(CO)C1. The number of likely N-dealkylation sites (tertiary alicyclic amines) is 1. The van der Waals surface area contributed by atoms with Gasteiger partial charge in [0.15, 0.2) is 11.5 Å². The van der Waals surface area contributed by atoms with Crippen LogP contribution in [0.15, 0.2) is 18.2 Å². The summed E-state index contributed by atoms with van der Waals surface area (Å²) in [6.07, 6.45) is 2.11. The van der Waals surface area contributed by atoms with Gasteiger partial charge in [0.1, 0.15) is 0 Å². The molecule has 1 aromatic carbocycles. The number of amides is 1. The lowest BCUT2D eigenvalue weighted by molar-refractivity contribution is -0.134. The van der Waals surface area contributed by atoms with Crippen LogP contribution in [-0.2, 0) is 11.2 Å². The summed E-state index contributed by atoms with van der Waals surface area (Å²) in [5, 5.41) is 27.9. The van der Waals surface area contributed by atoms with Gasteiger partial charge in [-0.3, -0.25) is 4.79 Å². The molecule has 1 aromatic rings. The summed E-state index contributed by atoms with van der Waals surface area (Å²) in [4.78, 5) is 14.0. The summed E-state index contributed by atoms with van der Waals surface area (Å²) in [6.45, 7) is 1.30. The fraction of sp³-hybridized carbons (Fsp3) is 0.533. The van der Waals surface area contributed by atoms with E-state index in [0.29, 0.717) is 25.1 Å². The summed E-state index contributed by atoms with van der Waals surface area (Å²) in [5.41, 5.74) is 6.65. The van der Waals surface area contributed by atoms with Gasteiger partial charge in [0.05, 0.1) is 6.04 Å². The highest BCUT2D eigenvalue weighted by Gasteiger charge is 2.26. The molecule has 1 unspecified atom stereocenters. The number of rotatable bonds is 4. The third kappa shape index (κ3) is 3.86. The Kier molecular flexibility index (Phi) is 5.03. The van der Waals surface area contributed by atoms with Crippen molar-refractivity contribution >= 4 is 5.91 Å². The fourth-order valence-electron chi connectivity index (χ4n) is 2.69. The Morgan fingerprint density at radius 2 is 2.14 bits per heavy atom.